The minimum absolute atomic E-state index is 0.132. The average Bonchev–Trinajstić information content (AvgIpc) is 3.25. The zero-order chi connectivity index (χ0) is 33.5. The number of aryl methyl sites for hydroxylation is 2. The van der Waals surface area contributed by atoms with E-state index in [4.69, 9.17) is 32.3 Å². The lowest BCUT2D eigenvalue weighted by atomic mass is 9.95. The van der Waals surface area contributed by atoms with E-state index in [0.29, 0.717) is 57.7 Å². The van der Waals surface area contributed by atoms with Gasteiger partial charge < -0.3 is 43.0 Å². The first kappa shape index (κ1) is 36.1. The molecular formula is C34H50N8O4. The normalized spacial score (nSPS) is 14.9. The maximum absolute atomic E-state index is 14.1. The standard InChI is InChI=1S/C34H50N8O4/c1-22-18-26(43)19-23(2)27(22)21-30(42-31(44)28(36)13-8-16-39-34(37)38)32(45)41-29(14-6-7-15-35)33-40-25(12-9-17-46-33)20-24-10-4-3-5-11-24/h3-5,10-12,18-19,28-30,43H,6-9,13-17,20-21,35-36H2,1-2H3,(H,41,45)(H,42,44)(H4,37,38,39)/t28-,29+,30+/m1/s1. The number of benzene rings is 2. The van der Waals surface area contributed by atoms with Crippen LogP contribution in [0.3, 0.4) is 0 Å². The Hall–Kier alpha value is -4.42. The number of nitrogens with one attached hydrogen (secondary N) is 4. The van der Waals surface area contributed by atoms with Crippen LogP contribution >= 0.6 is 0 Å². The lowest BCUT2D eigenvalue weighted by Crippen LogP contribution is -2.55. The molecule has 0 saturated carbocycles. The van der Waals surface area contributed by atoms with Crippen molar-refractivity contribution in [3.8, 4) is 5.75 Å². The summed E-state index contributed by atoms with van der Waals surface area (Å²) in [5, 5.41) is 26.1. The Labute approximate surface area is 271 Å². The molecule has 0 aromatic heterocycles. The van der Waals surface area contributed by atoms with Crippen LogP contribution in [0.4, 0.5) is 0 Å². The predicted molar refractivity (Wildman–Crippen MR) is 181 cm³/mol. The van der Waals surface area contributed by atoms with Crippen LogP contribution < -0.4 is 33.2 Å². The van der Waals surface area contributed by atoms with Gasteiger partial charge in [0.1, 0.15) is 17.8 Å². The molecule has 0 unspecified atom stereocenters. The number of rotatable bonds is 17. The van der Waals surface area contributed by atoms with Gasteiger partial charge in [-0.3, -0.25) is 15.0 Å². The number of carbonyl (C=O) groups is 2. The topological polar surface area (TPSA) is 214 Å². The molecule has 12 nitrogen and oxygen atoms in total. The van der Waals surface area contributed by atoms with Crippen LogP contribution in [-0.2, 0) is 27.2 Å². The number of unbranched alkanes of at least 4 members (excludes halogenated alkanes) is 1. The molecule has 0 radical (unpaired) electrons. The maximum Gasteiger partial charge on any atom is 0.243 e. The summed E-state index contributed by atoms with van der Waals surface area (Å²) in [7, 11) is 0. The fourth-order valence-electron chi connectivity index (χ4n) is 5.39. The molecule has 0 spiro atoms. The highest BCUT2D eigenvalue weighted by Crippen LogP contribution is 2.23. The molecule has 0 aliphatic carbocycles. The summed E-state index contributed by atoms with van der Waals surface area (Å²) in [5.41, 5.74) is 21.8. The Balaban J connectivity index is 1.85. The van der Waals surface area contributed by atoms with Crippen molar-refractivity contribution in [3.63, 3.8) is 0 Å². The van der Waals surface area contributed by atoms with Crippen LogP contribution in [0.1, 0.15) is 60.8 Å². The van der Waals surface area contributed by atoms with Gasteiger partial charge in [0.15, 0.2) is 5.96 Å². The van der Waals surface area contributed by atoms with Gasteiger partial charge in [0.2, 0.25) is 17.7 Å². The molecule has 0 fully saturated rings. The Morgan fingerprint density at radius 2 is 1.76 bits per heavy atom. The SMILES string of the molecule is Cc1cc(O)cc(C)c1C[C@H](NC(=O)[C@H](N)CCCNC(=N)N)C(=O)N[C@@H](CCCCN)C1=NC(Cc2ccccc2)=CCCO1. The van der Waals surface area contributed by atoms with E-state index in [1.54, 1.807) is 12.1 Å². The molecule has 11 N–H and O–H groups in total. The van der Waals surface area contributed by atoms with Crippen LogP contribution in [0.5, 0.6) is 5.75 Å². The van der Waals surface area contributed by atoms with Crippen molar-refractivity contribution < 1.29 is 19.4 Å². The van der Waals surface area contributed by atoms with Gasteiger partial charge in [0.05, 0.1) is 12.6 Å². The van der Waals surface area contributed by atoms with Crippen molar-refractivity contribution >= 4 is 23.7 Å². The third-order valence-corrected chi connectivity index (χ3v) is 7.86. The van der Waals surface area contributed by atoms with Gasteiger partial charge in [-0.25, -0.2) is 4.99 Å². The largest absolute Gasteiger partial charge is 0.508 e. The molecule has 1 aliphatic heterocycles. The van der Waals surface area contributed by atoms with Crippen LogP contribution in [0.2, 0.25) is 0 Å². The van der Waals surface area contributed by atoms with Crippen molar-refractivity contribution in [2.24, 2.45) is 22.2 Å². The van der Waals surface area contributed by atoms with Crippen molar-refractivity contribution in [2.45, 2.75) is 83.3 Å². The van der Waals surface area contributed by atoms with Gasteiger partial charge in [-0.05, 0) is 86.9 Å². The first-order chi connectivity index (χ1) is 22.1. The zero-order valence-electron chi connectivity index (χ0n) is 27.0. The minimum atomic E-state index is -0.960. The lowest BCUT2D eigenvalue weighted by Gasteiger charge is -2.26. The molecular weight excluding hydrogens is 584 g/mol. The van der Waals surface area contributed by atoms with E-state index >= 15 is 0 Å². The second kappa shape index (κ2) is 18.5. The summed E-state index contributed by atoms with van der Waals surface area (Å²) in [4.78, 5) is 32.2. The predicted octanol–water partition coefficient (Wildman–Crippen LogP) is 2.19. The van der Waals surface area contributed by atoms with E-state index in [1.165, 1.54) is 0 Å². The second-order valence-corrected chi connectivity index (χ2v) is 11.7. The van der Waals surface area contributed by atoms with Crippen LogP contribution in [0.15, 0.2) is 59.2 Å². The number of guanidine groups is 1. The minimum Gasteiger partial charge on any atom is -0.508 e. The lowest BCUT2D eigenvalue weighted by molar-refractivity contribution is -0.130. The number of phenolic OH excluding ortho intramolecular Hbond substituents is 1. The third kappa shape index (κ3) is 11.8. The van der Waals surface area contributed by atoms with Gasteiger partial charge in [-0.15, -0.1) is 0 Å². The van der Waals surface area contributed by atoms with Gasteiger partial charge in [0, 0.05) is 31.5 Å². The summed E-state index contributed by atoms with van der Waals surface area (Å²) in [6.45, 7) is 5.07. The van der Waals surface area contributed by atoms with E-state index in [1.807, 2.05) is 44.2 Å². The van der Waals surface area contributed by atoms with Crippen molar-refractivity contribution in [1.29, 1.82) is 5.41 Å². The summed E-state index contributed by atoms with van der Waals surface area (Å²) in [6.07, 6.45) is 6.50. The summed E-state index contributed by atoms with van der Waals surface area (Å²) < 4.78 is 6.09. The highest BCUT2D eigenvalue weighted by molar-refractivity contribution is 5.93. The molecule has 3 rings (SSSR count). The first-order valence-electron chi connectivity index (χ1n) is 15.9. The number of amides is 2. The Morgan fingerprint density at radius 1 is 1.04 bits per heavy atom. The molecule has 250 valence electrons. The number of hydrogen-bond donors (Lipinski definition) is 8. The Bertz CT molecular complexity index is 1360. The van der Waals surface area contributed by atoms with E-state index in [9.17, 15) is 14.7 Å². The molecule has 0 saturated heterocycles. The number of allylic oxidation sites excluding steroid dienone is 1. The molecule has 1 aliphatic rings. The van der Waals surface area contributed by atoms with Crippen LogP contribution in [-0.4, -0.2) is 66.6 Å². The van der Waals surface area contributed by atoms with Crippen LogP contribution in [0.25, 0.3) is 0 Å². The fourth-order valence-corrected chi connectivity index (χ4v) is 5.39. The third-order valence-electron chi connectivity index (χ3n) is 7.86. The fraction of sp³-hybridized carbons (Fsp3) is 0.471. The number of phenols is 1. The average molecular weight is 635 g/mol. The number of carbonyl (C=O) groups excluding carboxylic acids is 2. The van der Waals surface area contributed by atoms with Gasteiger partial charge in [-0.2, -0.15) is 0 Å². The van der Waals surface area contributed by atoms with Gasteiger partial charge in [-0.1, -0.05) is 36.4 Å². The monoisotopic (exact) mass is 634 g/mol. The van der Waals surface area contributed by atoms with Gasteiger partial charge >= 0.3 is 0 Å². The first-order valence-corrected chi connectivity index (χ1v) is 15.9. The summed E-state index contributed by atoms with van der Waals surface area (Å²) in [5.74, 6) is -0.449. The van der Waals surface area contributed by atoms with Crippen LogP contribution in [0, 0.1) is 19.3 Å². The number of aromatic hydroxyl groups is 1. The number of nitrogens with two attached hydrogens (primary N) is 3. The number of hydrogen-bond acceptors (Lipinski definition) is 8. The highest BCUT2D eigenvalue weighted by Gasteiger charge is 2.29. The summed E-state index contributed by atoms with van der Waals surface area (Å²) >= 11 is 0. The van der Waals surface area contributed by atoms with Gasteiger partial charge in [0.25, 0.3) is 0 Å². The Morgan fingerprint density at radius 3 is 2.43 bits per heavy atom. The molecule has 2 aromatic carbocycles. The maximum atomic E-state index is 14.1. The molecule has 2 amide bonds. The van der Waals surface area contributed by atoms with Crippen molar-refractivity contribution in [2.75, 3.05) is 19.7 Å². The molecule has 1 heterocycles. The smallest absolute Gasteiger partial charge is 0.243 e. The van der Waals surface area contributed by atoms with E-state index in [-0.39, 0.29) is 18.1 Å². The molecule has 2 aromatic rings. The highest BCUT2D eigenvalue weighted by atomic mass is 16.5. The second-order valence-electron chi connectivity index (χ2n) is 11.7. The quantitative estimate of drug-likeness (QED) is 0.0732. The van der Waals surface area contributed by atoms with Crippen molar-refractivity contribution in [3.05, 3.63) is 76.5 Å². The van der Waals surface area contributed by atoms with E-state index < -0.39 is 29.9 Å². The summed E-state index contributed by atoms with van der Waals surface area (Å²) in [6, 6.07) is 11.0. The number of ether oxygens (including phenoxy) is 1. The molecule has 0 bridgehead atoms. The number of nitrogens with zero attached hydrogens (tertiary/aromatic N) is 1. The van der Waals surface area contributed by atoms with Crippen molar-refractivity contribution in [1.82, 2.24) is 16.0 Å². The molecule has 3 atom stereocenters. The molecule has 46 heavy (non-hydrogen) atoms. The molecule has 12 heteroatoms. The van der Waals surface area contributed by atoms with E-state index in [2.05, 4.69) is 22.0 Å². The zero-order valence-corrected chi connectivity index (χ0v) is 27.0. The number of aliphatic imine (C=N–C) groups is 1. The Kier molecular flexibility index (Phi) is 14.5. The van der Waals surface area contributed by atoms with E-state index in [0.717, 1.165) is 40.8 Å².